The number of aromatic nitrogens is 1. The highest BCUT2D eigenvalue weighted by Gasteiger charge is 2.33. The van der Waals surface area contributed by atoms with E-state index in [0.717, 1.165) is 15.2 Å². The van der Waals surface area contributed by atoms with E-state index in [0.29, 0.717) is 11.7 Å². The average molecular weight is 278 g/mol. The summed E-state index contributed by atoms with van der Waals surface area (Å²) in [4.78, 5) is 0. The molecule has 0 spiro atoms. The highest BCUT2D eigenvalue weighted by molar-refractivity contribution is 14.1. The molecule has 1 unspecified atom stereocenters. The number of rotatable bonds is 2. The average Bonchev–Trinajstić information content (AvgIpc) is 2.82. The third-order valence-electron chi connectivity index (χ3n) is 2.43. The molecule has 0 aromatic carbocycles. The van der Waals surface area contributed by atoms with Crippen LogP contribution in [0.5, 0.6) is 0 Å². The van der Waals surface area contributed by atoms with Crippen LogP contribution >= 0.6 is 22.6 Å². The van der Waals surface area contributed by atoms with E-state index in [9.17, 15) is 0 Å². The first-order chi connectivity index (χ1) is 5.70. The molecule has 1 aromatic rings. The molecule has 1 atom stereocenters. The number of anilines is 1. The predicted octanol–water partition coefficient (Wildman–Crippen LogP) is 2.37. The lowest BCUT2D eigenvalue weighted by Crippen LogP contribution is -1.96. The minimum absolute atomic E-state index is 0.488. The van der Waals surface area contributed by atoms with Crippen LogP contribution in [0.2, 0.25) is 0 Å². The van der Waals surface area contributed by atoms with Gasteiger partial charge in [-0.05, 0) is 41.4 Å². The summed E-state index contributed by atoms with van der Waals surface area (Å²) in [5, 5.41) is 3.74. The molecule has 4 heteroatoms. The topological polar surface area (TPSA) is 52.0 Å². The van der Waals surface area contributed by atoms with Gasteiger partial charge in [0.1, 0.15) is 0 Å². The number of nitrogens with two attached hydrogens (primary N) is 1. The molecule has 0 saturated heterocycles. The second kappa shape index (κ2) is 2.90. The SMILES string of the molecule is CC(c1onc(N)c1I)C1CC1. The Hall–Kier alpha value is -0.260. The summed E-state index contributed by atoms with van der Waals surface area (Å²) in [6.07, 6.45) is 2.63. The van der Waals surface area contributed by atoms with E-state index in [4.69, 9.17) is 10.3 Å². The molecule has 0 aliphatic heterocycles. The Morgan fingerprint density at radius 1 is 1.67 bits per heavy atom. The highest BCUT2D eigenvalue weighted by atomic mass is 127. The van der Waals surface area contributed by atoms with Crippen LogP contribution in [0.3, 0.4) is 0 Å². The van der Waals surface area contributed by atoms with Crippen molar-refractivity contribution in [3.05, 3.63) is 9.33 Å². The Morgan fingerprint density at radius 3 is 2.75 bits per heavy atom. The third kappa shape index (κ3) is 1.32. The molecule has 0 amide bonds. The lowest BCUT2D eigenvalue weighted by atomic mass is 10.0. The molecular weight excluding hydrogens is 267 g/mol. The Morgan fingerprint density at radius 2 is 2.33 bits per heavy atom. The first-order valence-electron chi connectivity index (χ1n) is 4.10. The van der Waals surface area contributed by atoms with Gasteiger partial charge in [0.2, 0.25) is 0 Å². The second-order valence-corrected chi connectivity index (χ2v) is 4.45. The van der Waals surface area contributed by atoms with Crippen molar-refractivity contribution in [2.75, 3.05) is 5.73 Å². The van der Waals surface area contributed by atoms with Crippen LogP contribution in [-0.4, -0.2) is 5.16 Å². The van der Waals surface area contributed by atoms with Crippen LogP contribution in [0.15, 0.2) is 4.52 Å². The fraction of sp³-hybridized carbons (Fsp3) is 0.625. The first kappa shape index (κ1) is 8.34. The predicted molar refractivity (Wildman–Crippen MR) is 54.8 cm³/mol. The normalized spacial score (nSPS) is 19.5. The molecular formula is C8H11IN2O. The van der Waals surface area contributed by atoms with Gasteiger partial charge in [-0.2, -0.15) is 0 Å². The van der Waals surface area contributed by atoms with Gasteiger partial charge >= 0.3 is 0 Å². The zero-order chi connectivity index (χ0) is 8.72. The van der Waals surface area contributed by atoms with Gasteiger partial charge in [-0.1, -0.05) is 12.1 Å². The van der Waals surface area contributed by atoms with E-state index in [1.54, 1.807) is 0 Å². The minimum Gasteiger partial charge on any atom is -0.380 e. The molecule has 1 aromatic heterocycles. The maximum Gasteiger partial charge on any atom is 0.180 e. The van der Waals surface area contributed by atoms with E-state index in [1.807, 2.05) is 0 Å². The Labute approximate surface area is 84.8 Å². The van der Waals surface area contributed by atoms with Gasteiger partial charge in [0.25, 0.3) is 0 Å². The summed E-state index contributed by atoms with van der Waals surface area (Å²) in [6.45, 7) is 2.18. The first-order valence-corrected chi connectivity index (χ1v) is 5.18. The fourth-order valence-electron chi connectivity index (χ4n) is 1.40. The van der Waals surface area contributed by atoms with Crippen molar-refractivity contribution >= 4 is 28.4 Å². The Bertz CT molecular complexity index is 293. The van der Waals surface area contributed by atoms with Crippen LogP contribution in [0, 0.1) is 9.49 Å². The van der Waals surface area contributed by atoms with Crippen LogP contribution in [0.1, 0.15) is 31.4 Å². The van der Waals surface area contributed by atoms with Crippen molar-refractivity contribution in [2.45, 2.75) is 25.7 Å². The van der Waals surface area contributed by atoms with Crippen molar-refractivity contribution in [1.29, 1.82) is 0 Å². The zero-order valence-electron chi connectivity index (χ0n) is 6.88. The summed E-state index contributed by atoms with van der Waals surface area (Å²) in [6, 6.07) is 0. The summed E-state index contributed by atoms with van der Waals surface area (Å²) in [7, 11) is 0. The Balaban J connectivity index is 2.25. The third-order valence-corrected chi connectivity index (χ3v) is 3.51. The maximum atomic E-state index is 5.59. The smallest absolute Gasteiger partial charge is 0.180 e. The van der Waals surface area contributed by atoms with Crippen molar-refractivity contribution in [1.82, 2.24) is 5.16 Å². The molecule has 2 rings (SSSR count). The van der Waals surface area contributed by atoms with Gasteiger partial charge in [-0.3, -0.25) is 0 Å². The fourth-order valence-corrected chi connectivity index (χ4v) is 2.09. The molecule has 66 valence electrons. The molecule has 1 saturated carbocycles. The van der Waals surface area contributed by atoms with Gasteiger partial charge in [0.15, 0.2) is 11.6 Å². The van der Waals surface area contributed by atoms with Crippen LogP contribution < -0.4 is 5.73 Å². The summed E-state index contributed by atoms with van der Waals surface area (Å²) in [5.41, 5.74) is 5.59. The van der Waals surface area contributed by atoms with Gasteiger partial charge in [-0.25, -0.2) is 0 Å². The number of hydrogen-bond donors (Lipinski definition) is 1. The highest BCUT2D eigenvalue weighted by Crippen LogP contribution is 2.43. The van der Waals surface area contributed by atoms with Gasteiger partial charge in [0, 0.05) is 5.92 Å². The number of halogens is 1. The van der Waals surface area contributed by atoms with Gasteiger partial charge < -0.3 is 10.3 Å². The van der Waals surface area contributed by atoms with E-state index in [-0.39, 0.29) is 0 Å². The standard InChI is InChI=1S/C8H11IN2O/c1-4(5-2-3-5)7-6(9)8(10)11-12-7/h4-5H,2-3H2,1H3,(H2,10,11). The minimum atomic E-state index is 0.488. The molecule has 1 aliphatic rings. The molecule has 1 fully saturated rings. The van der Waals surface area contributed by atoms with Crippen LogP contribution in [-0.2, 0) is 0 Å². The molecule has 0 bridgehead atoms. The van der Waals surface area contributed by atoms with Crippen LogP contribution in [0.4, 0.5) is 5.82 Å². The summed E-state index contributed by atoms with van der Waals surface area (Å²) < 4.78 is 6.17. The second-order valence-electron chi connectivity index (χ2n) is 3.37. The number of nitrogens with zero attached hydrogens (tertiary/aromatic N) is 1. The monoisotopic (exact) mass is 278 g/mol. The lowest BCUT2D eigenvalue weighted by molar-refractivity contribution is 0.356. The largest absolute Gasteiger partial charge is 0.380 e. The molecule has 1 aliphatic carbocycles. The van der Waals surface area contributed by atoms with Crippen molar-refractivity contribution in [3.8, 4) is 0 Å². The lowest BCUT2D eigenvalue weighted by Gasteiger charge is -2.04. The van der Waals surface area contributed by atoms with E-state index in [1.165, 1.54) is 12.8 Å². The molecule has 12 heavy (non-hydrogen) atoms. The summed E-state index contributed by atoms with van der Waals surface area (Å²) in [5.74, 6) is 2.78. The van der Waals surface area contributed by atoms with Gasteiger partial charge in [0.05, 0.1) is 3.57 Å². The van der Waals surface area contributed by atoms with Crippen molar-refractivity contribution in [3.63, 3.8) is 0 Å². The summed E-state index contributed by atoms with van der Waals surface area (Å²) >= 11 is 2.20. The van der Waals surface area contributed by atoms with E-state index < -0.39 is 0 Å². The maximum absolute atomic E-state index is 5.59. The number of nitrogen functional groups attached to an aromatic ring is 1. The Kier molecular flexibility index (Phi) is 2.02. The molecule has 3 nitrogen and oxygen atoms in total. The zero-order valence-corrected chi connectivity index (χ0v) is 9.04. The molecule has 0 radical (unpaired) electrons. The van der Waals surface area contributed by atoms with Crippen LogP contribution in [0.25, 0.3) is 0 Å². The number of hydrogen-bond acceptors (Lipinski definition) is 3. The van der Waals surface area contributed by atoms with E-state index in [2.05, 4.69) is 34.7 Å². The quantitative estimate of drug-likeness (QED) is 0.845. The van der Waals surface area contributed by atoms with Crippen molar-refractivity contribution in [2.24, 2.45) is 5.92 Å². The van der Waals surface area contributed by atoms with Crippen molar-refractivity contribution < 1.29 is 4.52 Å². The van der Waals surface area contributed by atoms with E-state index >= 15 is 0 Å². The molecule has 1 heterocycles. The molecule has 2 N–H and O–H groups in total. The van der Waals surface area contributed by atoms with Gasteiger partial charge in [-0.15, -0.1) is 0 Å².